The fraction of sp³-hybridized carbons (Fsp3) is 0. The van der Waals surface area contributed by atoms with E-state index in [9.17, 15) is 9.59 Å². The highest BCUT2D eigenvalue weighted by Gasteiger charge is 2.12. The Morgan fingerprint density at radius 3 is 2.25 bits per heavy atom. The van der Waals surface area contributed by atoms with Crippen molar-refractivity contribution < 1.29 is 4.79 Å². The molecule has 6 heteroatoms. The molecule has 1 aromatic heterocycles. The van der Waals surface area contributed by atoms with Crippen LogP contribution in [0.3, 0.4) is 0 Å². The molecular formula is C18H12BrClN2O2. The molecule has 2 aromatic carbocycles. The zero-order valence-electron chi connectivity index (χ0n) is 12.3. The van der Waals surface area contributed by atoms with E-state index in [4.69, 9.17) is 11.6 Å². The summed E-state index contributed by atoms with van der Waals surface area (Å²) in [4.78, 5) is 27.2. The van der Waals surface area contributed by atoms with Gasteiger partial charge in [0.05, 0.1) is 0 Å². The maximum atomic E-state index is 12.3. The van der Waals surface area contributed by atoms with Gasteiger partial charge in [0.2, 0.25) is 0 Å². The number of aromatic amines is 1. The molecule has 1 heterocycles. The summed E-state index contributed by atoms with van der Waals surface area (Å²) in [5.74, 6) is -0.457. The van der Waals surface area contributed by atoms with Crippen LogP contribution in [0.25, 0.3) is 11.3 Å². The monoisotopic (exact) mass is 402 g/mol. The Morgan fingerprint density at radius 2 is 1.62 bits per heavy atom. The van der Waals surface area contributed by atoms with E-state index < -0.39 is 11.5 Å². The molecule has 0 atom stereocenters. The summed E-state index contributed by atoms with van der Waals surface area (Å²) in [5, 5.41) is 3.31. The molecule has 4 nitrogen and oxygen atoms in total. The molecule has 0 aliphatic heterocycles. The summed E-state index contributed by atoms with van der Waals surface area (Å²) < 4.78 is 0.908. The third-order valence-corrected chi connectivity index (χ3v) is 4.19. The standard InChI is InChI=1S/C18H12BrClN2O2/c19-12-3-7-14(8-4-12)21-17(23)15-9-10-16(22-18(15)24)11-1-5-13(20)6-2-11/h1-10H,(H,21,23)(H,22,24). The number of hydrogen-bond acceptors (Lipinski definition) is 2. The molecule has 0 radical (unpaired) electrons. The van der Waals surface area contributed by atoms with E-state index in [1.54, 1.807) is 42.5 Å². The van der Waals surface area contributed by atoms with E-state index in [0.29, 0.717) is 16.4 Å². The minimum Gasteiger partial charge on any atom is -0.322 e. The van der Waals surface area contributed by atoms with Crippen LogP contribution in [0.4, 0.5) is 5.69 Å². The second-order valence-corrected chi connectivity index (χ2v) is 6.43. The van der Waals surface area contributed by atoms with Crippen molar-refractivity contribution in [2.75, 3.05) is 5.32 Å². The van der Waals surface area contributed by atoms with E-state index in [1.807, 2.05) is 12.1 Å². The number of carbonyl (C=O) groups is 1. The van der Waals surface area contributed by atoms with Crippen LogP contribution in [-0.4, -0.2) is 10.9 Å². The largest absolute Gasteiger partial charge is 0.322 e. The van der Waals surface area contributed by atoms with Gasteiger partial charge in [-0.1, -0.05) is 39.7 Å². The number of hydrogen-bond donors (Lipinski definition) is 2. The maximum Gasteiger partial charge on any atom is 0.261 e. The fourth-order valence-corrected chi connectivity index (χ4v) is 2.57. The number of H-pyrrole nitrogens is 1. The second kappa shape index (κ2) is 7.03. The first kappa shape index (κ1) is 16.5. The number of pyridine rings is 1. The van der Waals surface area contributed by atoms with Gasteiger partial charge in [0.15, 0.2) is 0 Å². The molecule has 24 heavy (non-hydrogen) atoms. The molecule has 3 aromatic rings. The molecule has 0 bridgehead atoms. The molecule has 0 saturated heterocycles. The highest BCUT2D eigenvalue weighted by Crippen LogP contribution is 2.19. The van der Waals surface area contributed by atoms with Gasteiger partial charge in [-0.15, -0.1) is 0 Å². The predicted molar refractivity (Wildman–Crippen MR) is 99.6 cm³/mol. The maximum absolute atomic E-state index is 12.3. The first-order valence-electron chi connectivity index (χ1n) is 7.09. The van der Waals surface area contributed by atoms with Crippen LogP contribution >= 0.6 is 27.5 Å². The molecule has 1 amide bonds. The number of nitrogens with one attached hydrogen (secondary N) is 2. The molecule has 0 unspecified atom stereocenters. The number of rotatable bonds is 3. The predicted octanol–water partition coefficient (Wildman–Crippen LogP) is 4.71. The number of benzene rings is 2. The lowest BCUT2D eigenvalue weighted by atomic mass is 10.1. The van der Waals surface area contributed by atoms with Gasteiger partial charge in [-0.05, 0) is 54.1 Å². The number of carbonyl (C=O) groups excluding carboxylic acids is 1. The number of anilines is 1. The molecule has 0 saturated carbocycles. The SMILES string of the molecule is O=C(Nc1ccc(Br)cc1)c1ccc(-c2ccc(Cl)cc2)[nH]c1=O. The van der Waals surface area contributed by atoms with Crippen LogP contribution in [0, 0.1) is 0 Å². The summed E-state index contributed by atoms with van der Waals surface area (Å²) in [5.41, 5.74) is 1.66. The van der Waals surface area contributed by atoms with Gasteiger partial charge < -0.3 is 10.3 Å². The van der Waals surface area contributed by atoms with E-state index in [1.165, 1.54) is 6.07 Å². The van der Waals surface area contributed by atoms with Crippen LogP contribution < -0.4 is 10.9 Å². The van der Waals surface area contributed by atoms with Crippen LogP contribution in [0.2, 0.25) is 5.02 Å². The zero-order chi connectivity index (χ0) is 17.1. The molecule has 0 fully saturated rings. The number of aromatic nitrogens is 1. The Labute approximate surface area is 151 Å². The lowest BCUT2D eigenvalue weighted by molar-refractivity contribution is 0.102. The van der Waals surface area contributed by atoms with Gasteiger partial charge >= 0.3 is 0 Å². The lowest BCUT2D eigenvalue weighted by Gasteiger charge is -2.06. The van der Waals surface area contributed by atoms with Gasteiger partial charge in [-0.2, -0.15) is 0 Å². The van der Waals surface area contributed by atoms with Crippen molar-refractivity contribution in [3.8, 4) is 11.3 Å². The van der Waals surface area contributed by atoms with Crippen LogP contribution in [-0.2, 0) is 0 Å². The van der Waals surface area contributed by atoms with E-state index in [0.717, 1.165) is 10.0 Å². The lowest BCUT2D eigenvalue weighted by Crippen LogP contribution is -2.23. The van der Waals surface area contributed by atoms with Crippen molar-refractivity contribution in [2.45, 2.75) is 0 Å². The summed E-state index contributed by atoms with van der Waals surface area (Å²) in [6.45, 7) is 0. The molecule has 0 spiro atoms. The van der Waals surface area contributed by atoms with E-state index >= 15 is 0 Å². The first-order valence-corrected chi connectivity index (χ1v) is 8.26. The van der Waals surface area contributed by atoms with Crippen molar-refractivity contribution in [1.82, 2.24) is 4.98 Å². The van der Waals surface area contributed by atoms with Crippen LogP contribution in [0.1, 0.15) is 10.4 Å². The number of halogens is 2. The zero-order valence-corrected chi connectivity index (χ0v) is 14.7. The molecule has 120 valence electrons. The summed E-state index contributed by atoms with van der Waals surface area (Å²) >= 11 is 9.18. The van der Waals surface area contributed by atoms with Gasteiger partial charge in [0, 0.05) is 20.9 Å². The average molecular weight is 404 g/mol. The van der Waals surface area contributed by atoms with Gasteiger partial charge in [-0.3, -0.25) is 9.59 Å². The Balaban J connectivity index is 1.84. The average Bonchev–Trinajstić information content (AvgIpc) is 2.57. The Bertz CT molecular complexity index is 934. The first-order chi connectivity index (χ1) is 11.5. The third kappa shape index (κ3) is 3.75. The molecule has 0 aliphatic rings. The normalized spacial score (nSPS) is 10.4. The minimum absolute atomic E-state index is 0.0515. The number of amides is 1. The highest BCUT2D eigenvalue weighted by atomic mass is 79.9. The smallest absolute Gasteiger partial charge is 0.261 e. The Morgan fingerprint density at radius 1 is 0.958 bits per heavy atom. The fourth-order valence-electron chi connectivity index (χ4n) is 2.18. The second-order valence-electron chi connectivity index (χ2n) is 5.08. The summed E-state index contributed by atoms with van der Waals surface area (Å²) in [6.07, 6.45) is 0. The third-order valence-electron chi connectivity index (χ3n) is 3.41. The quantitative estimate of drug-likeness (QED) is 0.665. The van der Waals surface area contributed by atoms with E-state index in [-0.39, 0.29) is 5.56 Å². The van der Waals surface area contributed by atoms with Crippen LogP contribution in [0.5, 0.6) is 0 Å². The molecule has 2 N–H and O–H groups in total. The minimum atomic E-state index is -0.457. The van der Waals surface area contributed by atoms with Crippen molar-refractivity contribution in [1.29, 1.82) is 0 Å². The van der Waals surface area contributed by atoms with Crippen molar-refractivity contribution >= 4 is 39.1 Å². The van der Waals surface area contributed by atoms with Gasteiger partial charge in [0.1, 0.15) is 5.56 Å². The van der Waals surface area contributed by atoms with Crippen molar-refractivity contribution in [3.63, 3.8) is 0 Å². The highest BCUT2D eigenvalue weighted by molar-refractivity contribution is 9.10. The molecular weight excluding hydrogens is 392 g/mol. The molecule has 0 aliphatic carbocycles. The van der Waals surface area contributed by atoms with E-state index in [2.05, 4.69) is 26.2 Å². The summed E-state index contributed by atoms with van der Waals surface area (Å²) in [6, 6.07) is 17.4. The van der Waals surface area contributed by atoms with Crippen molar-refractivity contribution in [3.05, 3.63) is 86.1 Å². The van der Waals surface area contributed by atoms with Gasteiger partial charge in [0.25, 0.3) is 11.5 Å². The van der Waals surface area contributed by atoms with Gasteiger partial charge in [-0.25, -0.2) is 0 Å². The molecule has 3 rings (SSSR count). The summed E-state index contributed by atoms with van der Waals surface area (Å²) in [7, 11) is 0. The topological polar surface area (TPSA) is 62.0 Å². The van der Waals surface area contributed by atoms with Crippen LogP contribution in [0.15, 0.2) is 69.9 Å². The Hall–Kier alpha value is -2.37. The van der Waals surface area contributed by atoms with Crippen molar-refractivity contribution in [2.24, 2.45) is 0 Å². The Kier molecular flexibility index (Phi) is 4.83.